The number of benzene rings is 2. The molecular formula is C24H29N5O4. The molecule has 2 aromatic carbocycles. The van der Waals surface area contributed by atoms with Crippen LogP contribution in [0.3, 0.4) is 0 Å². The van der Waals surface area contributed by atoms with Gasteiger partial charge in [-0.25, -0.2) is 5.43 Å². The zero-order chi connectivity index (χ0) is 23.6. The molecule has 0 bridgehead atoms. The van der Waals surface area contributed by atoms with E-state index in [1.165, 1.54) is 6.07 Å². The number of nitro benzene ring substituents is 1. The quantitative estimate of drug-likeness (QED) is 0.190. The maximum absolute atomic E-state index is 12.4. The van der Waals surface area contributed by atoms with Crippen molar-refractivity contribution in [2.45, 2.75) is 38.5 Å². The average Bonchev–Trinajstić information content (AvgIpc) is 3.21. The highest BCUT2D eigenvalue weighted by molar-refractivity contribution is 5.94. The first-order chi connectivity index (χ1) is 16.0. The van der Waals surface area contributed by atoms with E-state index in [0.29, 0.717) is 24.9 Å². The molecule has 0 aliphatic heterocycles. The molecule has 9 nitrogen and oxygen atoms in total. The van der Waals surface area contributed by atoms with E-state index in [2.05, 4.69) is 21.2 Å². The summed E-state index contributed by atoms with van der Waals surface area (Å²) in [6.07, 6.45) is 6.55. The van der Waals surface area contributed by atoms with Crippen molar-refractivity contribution in [3.05, 3.63) is 75.5 Å². The molecule has 3 rings (SSSR count). The van der Waals surface area contributed by atoms with Gasteiger partial charge in [-0.1, -0.05) is 25.0 Å². The SMILES string of the molecule is CNNC(=O)CCCCCCNC(=O)c1ccc(Cc2c[nH]c3ccc([N+](=O)[O-])cc23)cc1. The Morgan fingerprint density at radius 1 is 1.03 bits per heavy atom. The number of unbranched alkanes of at least 4 members (excludes halogenated alkanes) is 3. The number of nitrogens with one attached hydrogen (secondary N) is 4. The number of carbonyl (C=O) groups is 2. The molecule has 0 unspecified atom stereocenters. The van der Waals surface area contributed by atoms with Crippen molar-refractivity contribution in [3.8, 4) is 0 Å². The molecule has 0 aliphatic carbocycles. The third-order valence-corrected chi connectivity index (χ3v) is 5.45. The van der Waals surface area contributed by atoms with Gasteiger partial charge in [-0.3, -0.25) is 25.1 Å². The number of nitro groups is 1. The van der Waals surface area contributed by atoms with Gasteiger partial charge in [0.1, 0.15) is 0 Å². The molecule has 0 spiro atoms. The number of fused-ring (bicyclic) bond motifs is 1. The van der Waals surface area contributed by atoms with Crippen LogP contribution in [0.2, 0.25) is 0 Å². The van der Waals surface area contributed by atoms with Crippen molar-refractivity contribution in [2.24, 2.45) is 0 Å². The minimum atomic E-state index is -0.395. The first kappa shape index (κ1) is 23.9. The number of nitrogens with zero attached hydrogens (tertiary/aromatic N) is 1. The highest BCUT2D eigenvalue weighted by Crippen LogP contribution is 2.25. The summed E-state index contributed by atoms with van der Waals surface area (Å²) in [7, 11) is 1.66. The smallest absolute Gasteiger partial charge is 0.270 e. The Bertz CT molecular complexity index is 1110. The number of amides is 2. The molecule has 0 aliphatic rings. The summed E-state index contributed by atoms with van der Waals surface area (Å²) in [4.78, 5) is 37.5. The second-order valence-electron chi connectivity index (χ2n) is 7.89. The Balaban J connectivity index is 1.45. The number of aromatic nitrogens is 1. The van der Waals surface area contributed by atoms with E-state index >= 15 is 0 Å². The molecule has 2 amide bonds. The van der Waals surface area contributed by atoms with Crippen LogP contribution in [0, 0.1) is 10.1 Å². The van der Waals surface area contributed by atoms with E-state index in [9.17, 15) is 19.7 Å². The lowest BCUT2D eigenvalue weighted by Gasteiger charge is -2.07. The highest BCUT2D eigenvalue weighted by atomic mass is 16.6. The normalized spacial score (nSPS) is 10.8. The van der Waals surface area contributed by atoms with E-state index in [1.807, 2.05) is 18.3 Å². The summed E-state index contributed by atoms with van der Waals surface area (Å²) in [6, 6.07) is 12.2. The molecule has 1 aromatic heterocycles. The van der Waals surface area contributed by atoms with Crippen molar-refractivity contribution >= 4 is 28.4 Å². The van der Waals surface area contributed by atoms with E-state index in [1.54, 1.807) is 31.3 Å². The molecule has 0 fully saturated rings. The Labute approximate surface area is 192 Å². The molecule has 0 saturated heterocycles. The molecule has 1 heterocycles. The molecule has 0 atom stereocenters. The highest BCUT2D eigenvalue weighted by Gasteiger charge is 2.11. The van der Waals surface area contributed by atoms with Gasteiger partial charge in [0.2, 0.25) is 5.91 Å². The third kappa shape index (κ3) is 6.88. The monoisotopic (exact) mass is 451 g/mol. The zero-order valence-electron chi connectivity index (χ0n) is 18.6. The minimum Gasteiger partial charge on any atom is -0.361 e. The number of H-pyrrole nitrogens is 1. The van der Waals surface area contributed by atoms with Crippen LogP contribution in [-0.2, 0) is 11.2 Å². The Morgan fingerprint density at radius 3 is 2.52 bits per heavy atom. The number of non-ortho nitro benzene ring substituents is 1. The van der Waals surface area contributed by atoms with Crippen LogP contribution in [0.4, 0.5) is 5.69 Å². The van der Waals surface area contributed by atoms with Gasteiger partial charge < -0.3 is 10.3 Å². The molecule has 4 N–H and O–H groups in total. The standard InChI is InChI=1S/C24H29N5O4/c1-25-28-23(30)6-4-2-3-5-13-26-24(31)18-9-7-17(8-10-18)14-19-16-27-22-12-11-20(29(32)33)15-21(19)22/h7-12,15-16,25,27H,2-6,13-14H2,1H3,(H,26,31)(H,28,30). The van der Waals surface area contributed by atoms with Crippen molar-refractivity contribution in [1.29, 1.82) is 0 Å². The maximum atomic E-state index is 12.4. The van der Waals surface area contributed by atoms with Crippen LogP contribution >= 0.6 is 0 Å². The summed E-state index contributed by atoms with van der Waals surface area (Å²) in [5.41, 5.74) is 8.65. The number of hydrogen-bond acceptors (Lipinski definition) is 5. The zero-order valence-corrected chi connectivity index (χ0v) is 18.6. The largest absolute Gasteiger partial charge is 0.361 e. The van der Waals surface area contributed by atoms with E-state index < -0.39 is 4.92 Å². The van der Waals surface area contributed by atoms with Crippen LogP contribution in [0.15, 0.2) is 48.7 Å². The molecule has 3 aromatic rings. The number of carbonyl (C=O) groups excluding carboxylic acids is 2. The summed E-state index contributed by atoms with van der Waals surface area (Å²) in [5.74, 6) is -0.127. The number of hydrazine groups is 1. The van der Waals surface area contributed by atoms with Gasteiger partial charge in [0.15, 0.2) is 0 Å². The Morgan fingerprint density at radius 2 is 1.79 bits per heavy atom. The Hall–Kier alpha value is -3.72. The van der Waals surface area contributed by atoms with Crippen molar-refractivity contribution in [3.63, 3.8) is 0 Å². The predicted octanol–water partition coefficient (Wildman–Crippen LogP) is 3.60. The second-order valence-corrected chi connectivity index (χ2v) is 7.89. The van der Waals surface area contributed by atoms with E-state index in [4.69, 9.17) is 0 Å². The number of hydrogen-bond donors (Lipinski definition) is 4. The van der Waals surface area contributed by atoms with Crippen molar-refractivity contribution < 1.29 is 14.5 Å². The summed E-state index contributed by atoms with van der Waals surface area (Å²) in [6.45, 7) is 0.595. The molecule has 0 radical (unpaired) electrons. The van der Waals surface area contributed by atoms with Crippen LogP contribution < -0.4 is 16.2 Å². The fourth-order valence-electron chi connectivity index (χ4n) is 3.69. The van der Waals surface area contributed by atoms with Crippen LogP contribution in [0.5, 0.6) is 0 Å². The van der Waals surface area contributed by atoms with E-state index in [0.717, 1.165) is 47.7 Å². The van der Waals surface area contributed by atoms with Crippen molar-refractivity contribution in [1.82, 2.24) is 21.2 Å². The molecule has 33 heavy (non-hydrogen) atoms. The third-order valence-electron chi connectivity index (χ3n) is 5.45. The summed E-state index contributed by atoms with van der Waals surface area (Å²) < 4.78 is 0. The fraction of sp³-hybridized carbons (Fsp3) is 0.333. The lowest BCUT2D eigenvalue weighted by molar-refractivity contribution is -0.384. The van der Waals surface area contributed by atoms with Gasteiger partial charge in [-0.2, -0.15) is 0 Å². The van der Waals surface area contributed by atoms with Gasteiger partial charge in [0, 0.05) is 54.8 Å². The second kappa shape index (κ2) is 11.8. The minimum absolute atomic E-state index is 0.0137. The van der Waals surface area contributed by atoms with Crippen LogP contribution in [-0.4, -0.2) is 35.3 Å². The predicted molar refractivity (Wildman–Crippen MR) is 127 cm³/mol. The molecule has 9 heteroatoms. The van der Waals surface area contributed by atoms with Gasteiger partial charge in [0.05, 0.1) is 4.92 Å². The average molecular weight is 452 g/mol. The first-order valence-electron chi connectivity index (χ1n) is 11.0. The molecular weight excluding hydrogens is 422 g/mol. The van der Waals surface area contributed by atoms with Gasteiger partial charge in [0.25, 0.3) is 11.6 Å². The van der Waals surface area contributed by atoms with Crippen molar-refractivity contribution in [2.75, 3.05) is 13.6 Å². The van der Waals surface area contributed by atoms with Gasteiger partial charge in [-0.05, 0) is 48.6 Å². The van der Waals surface area contributed by atoms with Gasteiger partial charge >= 0.3 is 0 Å². The summed E-state index contributed by atoms with van der Waals surface area (Å²) in [5, 5.41) is 14.8. The van der Waals surface area contributed by atoms with E-state index in [-0.39, 0.29) is 17.5 Å². The Kier molecular flexibility index (Phi) is 8.54. The summed E-state index contributed by atoms with van der Waals surface area (Å²) >= 11 is 0. The number of rotatable bonds is 12. The topological polar surface area (TPSA) is 129 Å². The lowest BCUT2D eigenvalue weighted by atomic mass is 10.0. The molecule has 0 saturated carbocycles. The van der Waals surface area contributed by atoms with Gasteiger partial charge in [-0.15, -0.1) is 0 Å². The van der Waals surface area contributed by atoms with Crippen LogP contribution in [0.25, 0.3) is 10.9 Å². The lowest BCUT2D eigenvalue weighted by Crippen LogP contribution is -2.33. The number of aromatic amines is 1. The maximum Gasteiger partial charge on any atom is 0.270 e. The molecule has 174 valence electrons. The fourth-order valence-corrected chi connectivity index (χ4v) is 3.69. The van der Waals surface area contributed by atoms with Crippen LogP contribution in [0.1, 0.15) is 53.6 Å². The first-order valence-corrected chi connectivity index (χ1v) is 11.0.